The van der Waals surface area contributed by atoms with Gasteiger partial charge in [-0.2, -0.15) is 5.10 Å². The normalized spacial score (nSPS) is 11.0. The first-order valence-corrected chi connectivity index (χ1v) is 4.66. The molecule has 2 aromatic heterocycles. The van der Waals surface area contributed by atoms with Crippen molar-refractivity contribution >= 4 is 30.5 Å². The van der Waals surface area contributed by atoms with Gasteiger partial charge in [0.1, 0.15) is 5.82 Å². The SMILES string of the molecule is Cc1cc2[nH]c(C(C)(C)CN)nn2n1.Cl.Cl. The van der Waals surface area contributed by atoms with Gasteiger partial charge in [0.2, 0.25) is 0 Å². The lowest BCUT2D eigenvalue weighted by Gasteiger charge is -2.17. The molecular weight excluding hydrogens is 249 g/mol. The van der Waals surface area contributed by atoms with Crippen LogP contribution in [0.4, 0.5) is 0 Å². The molecular formula is C9H17Cl2N5. The molecule has 3 N–H and O–H groups in total. The summed E-state index contributed by atoms with van der Waals surface area (Å²) in [7, 11) is 0. The van der Waals surface area contributed by atoms with E-state index >= 15 is 0 Å². The van der Waals surface area contributed by atoms with Gasteiger partial charge in [0.05, 0.1) is 5.69 Å². The molecule has 2 heterocycles. The highest BCUT2D eigenvalue weighted by atomic mass is 35.5. The molecule has 0 aliphatic rings. The third-order valence-electron chi connectivity index (χ3n) is 2.41. The van der Waals surface area contributed by atoms with Crippen LogP contribution in [0.3, 0.4) is 0 Å². The molecule has 0 aliphatic heterocycles. The number of nitrogens with zero attached hydrogens (tertiary/aromatic N) is 3. The molecule has 0 atom stereocenters. The summed E-state index contributed by atoms with van der Waals surface area (Å²) in [5, 5.41) is 8.56. The van der Waals surface area contributed by atoms with Crippen molar-refractivity contribution in [2.24, 2.45) is 5.73 Å². The van der Waals surface area contributed by atoms with E-state index in [1.165, 1.54) is 0 Å². The third kappa shape index (κ3) is 2.48. The predicted molar refractivity (Wildman–Crippen MR) is 68.7 cm³/mol. The number of hydrogen-bond donors (Lipinski definition) is 2. The summed E-state index contributed by atoms with van der Waals surface area (Å²) in [6, 6.07) is 1.96. The van der Waals surface area contributed by atoms with Gasteiger partial charge in [-0.15, -0.1) is 34.5 Å². The van der Waals surface area contributed by atoms with E-state index in [0.717, 1.165) is 17.2 Å². The van der Waals surface area contributed by atoms with Crippen molar-refractivity contribution in [2.45, 2.75) is 26.2 Å². The minimum Gasteiger partial charge on any atom is -0.329 e. The number of hydrogen-bond acceptors (Lipinski definition) is 3. The quantitative estimate of drug-likeness (QED) is 0.864. The Balaban J connectivity index is 0.00000112. The first-order valence-electron chi connectivity index (χ1n) is 4.66. The molecule has 92 valence electrons. The van der Waals surface area contributed by atoms with Crippen molar-refractivity contribution in [3.63, 3.8) is 0 Å². The van der Waals surface area contributed by atoms with E-state index in [2.05, 4.69) is 29.0 Å². The molecule has 0 spiro atoms. The number of aromatic nitrogens is 4. The van der Waals surface area contributed by atoms with Crippen molar-refractivity contribution in [1.29, 1.82) is 0 Å². The Morgan fingerprint density at radius 2 is 2.00 bits per heavy atom. The highest BCUT2D eigenvalue weighted by Gasteiger charge is 2.23. The van der Waals surface area contributed by atoms with Crippen LogP contribution in [0, 0.1) is 6.92 Å². The Kier molecular flexibility index (Phi) is 4.79. The van der Waals surface area contributed by atoms with Crippen LogP contribution < -0.4 is 5.73 Å². The number of nitrogens with two attached hydrogens (primary N) is 1. The number of halogens is 2. The second kappa shape index (κ2) is 5.03. The first kappa shape index (κ1) is 15.2. The number of aryl methyl sites for hydroxylation is 1. The average Bonchev–Trinajstić information content (AvgIpc) is 2.61. The van der Waals surface area contributed by atoms with E-state index in [-0.39, 0.29) is 30.2 Å². The topological polar surface area (TPSA) is 72.0 Å². The molecule has 0 saturated carbocycles. The molecule has 0 bridgehead atoms. The fraction of sp³-hybridized carbons (Fsp3) is 0.556. The summed E-state index contributed by atoms with van der Waals surface area (Å²) in [4.78, 5) is 3.22. The Morgan fingerprint density at radius 3 is 2.50 bits per heavy atom. The maximum atomic E-state index is 5.67. The third-order valence-corrected chi connectivity index (χ3v) is 2.41. The number of nitrogens with one attached hydrogen (secondary N) is 1. The lowest BCUT2D eigenvalue weighted by molar-refractivity contribution is 0.499. The van der Waals surface area contributed by atoms with Gasteiger partial charge >= 0.3 is 0 Å². The molecule has 0 amide bonds. The zero-order valence-electron chi connectivity index (χ0n) is 9.52. The Labute approximate surface area is 107 Å². The number of aromatic amines is 1. The molecule has 2 rings (SSSR count). The molecule has 0 saturated heterocycles. The molecule has 0 radical (unpaired) electrons. The van der Waals surface area contributed by atoms with E-state index < -0.39 is 0 Å². The fourth-order valence-electron chi connectivity index (χ4n) is 1.29. The summed E-state index contributed by atoms with van der Waals surface area (Å²) >= 11 is 0. The second-order valence-electron chi connectivity index (χ2n) is 4.22. The van der Waals surface area contributed by atoms with E-state index in [9.17, 15) is 0 Å². The van der Waals surface area contributed by atoms with Crippen LogP contribution in [-0.4, -0.2) is 26.4 Å². The van der Waals surface area contributed by atoms with Crippen molar-refractivity contribution in [1.82, 2.24) is 19.8 Å². The maximum absolute atomic E-state index is 5.67. The fourth-order valence-corrected chi connectivity index (χ4v) is 1.29. The molecule has 5 nitrogen and oxygen atoms in total. The summed E-state index contributed by atoms with van der Waals surface area (Å²) in [6.45, 7) is 6.61. The van der Waals surface area contributed by atoms with Gasteiger partial charge in [-0.05, 0) is 6.92 Å². The highest BCUT2D eigenvalue weighted by molar-refractivity contribution is 5.85. The molecule has 0 fully saturated rings. The number of fused-ring (bicyclic) bond motifs is 1. The van der Waals surface area contributed by atoms with E-state index in [4.69, 9.17) is 5.73 Å². The van der Waals surface area contributed by atoms with Gasteiger partial charge in [-0.25, -0.2) is 0 Å². The Morgan fingerprint density at radius 1 is 1.38 bits per heavy atom. The minimum atomic E-state index is -0.130. The summed E-state index contributed by atoms with van der Waals surface area (Å²) in [5.41, 5.74) is 7.41. The summed E-state index contributed by atoms with van der Waals surface area (Å²) < 4.78 is 1.61. The second-order valence-corrected chi connectivity index (χ2v) is 4.22. The highest BCUT2D eigenvalue weighted by Crippen LogP contribution is 2.18. The minimum absolute atomic E-state index is 0. The van der Waals surface area contributed by atoms with Gasteiger partial charge in [0.25, 0.3) is 0 Å². The summed E-state index contributed by atoms with van der Waals surface area (Å²) in [6.07, 6.45) is 0. The number of H-pyrrole nitrogens is 1. The Bertz CT molecular complexity index is 428. The van der Waals surface area contributed by atoms with Crippen molar-refractivity contribution in [2.75, 3.05) is 6.54 Å². The first-order chi connectivity index (χ1) is 6.53. The van der Waals surface area contributed by atoms with Gasteiger partial charge in [0.15, 0.2) is 5.65 Å². The van der Waals surface area contributed by atoms with Crippen LogP contribution in [0.5, 0.6) is 0 Å². The molecule has 7 heteroatoms. The lowest BCUT2D eigenvalue weighted by Crippen LogP contribution is -2.29. The van der Waals surface area contributed by atoms with E-state index in [1.54, 1.807) is 4.63 Å². The molecule has 0 unspecified atom stereocenters. The average molecular weight is 266 g/mol. The van der Waals surface area contributed by atoms with E-state index in [1.807, 2.05) is 13.0 Å². The van der Waals surface area contributed by atoms with Crippen LogP contribution in [0.25, 0.3) is 5.65 Å². The largest absolute Gasteiger partial charge is 0.329 e. The smallest absolute Gasteiger partial charge is 0.155 e. The van der Waals surface area contributed by atoms with Crippen molar-refractivity contribution < 1.29 is 0 Å². The van der Waals surface area contributed by atoms with Crippen molar-refractivity contribution in [3.8, 4) is 0 Å². The van der Waals surface area contributed by atoms with Gasteiger partial charge in [-0.3, -0.25) is 0 Å². The molecule has 16 heavy (non-hydrogen) atoms. The van der Waals surface area contributed by atoms with Crippen LogP contribution in [0.1, 0.15) is 25.4 Å². The van der Waals surface area contributed by atoms with Gasteiger partial charge < -0.3 is 10.7 Å². The standard InChI is InChI=1S/C9H15N5.2ClH/c1-6-4-7-11-8(9(2,3)5-10)13-14(7)12-6;;/h4H,5,10H2,1-3H3,(H,11,13);2*1H. The lowest BCUT2D eigenvalue weighted by atomic mass is 9.93. The van der Waals surface area contributed by atoms with Crippen LogP contribution >= 0.6 is 24.8 Å². The molecule has 0 aromatic carbocycles. The van der Waals surface area contributed by atoms with Crippen LogP contribution in [0.15, 0.2) is 6.07 Å². The monoisotopic (exact) mass is 265 g/mol. The maximum Gasteiger partial charge on any atom is 0.155 e. The molecule has 2 aromatic rings. The number of rotatable bonds is 2. The summed E-state index contributed by atoms with van der Waals surface area (Å²) in [5.74, 6) is 0.877. The zero-order valence-corrected chi connectivity index (χ0v) is 11.2. The van der Waals surface area contributed by atoms with Gasteiger partial charge in [-0.1, -0.05) is 13.8 Å². The zero-order chi connectivity index (χ0) is 10.3. The van der Waals surface area contributed by atoms with Crippen LogP contribution in [-0.2, 0) is 5.41 Å². The van der Waals surface area contributed by atoms with Crippen molar-refractivity contribution in [3.05, 3.63) is 17.6 Å². The van der Waals surface area contributed by atoms with Gasteiger partial charge in [0, 0.05) is 18.0 Å². The molecule has 0 aliphatic carbocycles. The van der Waals surface area contributed by atoms with E-state index in [0.29, 0.717) is 6.54 Å². The van der Waals surface area contributed by atoms with Crippen LogP contribution in [0.2, 0.25) is 0 Å². The predicted octanol–water partition coefficient (Wildman–Crippen LogP) is 1.45. The Hall–Kier alpha value is -0.780.